The minimum atomic E-state index is 1.15. The van der Waals surface area contributed by atoms with Gasteiger partial charge in [0, 0.05) is 0 Å². The van der Waals surface area contributed by atoms with Crippen LogP contribution in [0, 0.1) is 0 Å². The van der Waals surface area contributed by atoms with E-state index >= 15 is 0 Å². The van der Waals surface area contributed by atoms with E-state index in [1.54, 1.807) is 0 Å². The Morgan fingerprint density at radius 1 is 0.857 bits per heavy atom. The third-order valence-corrected chi connectivity index (χ3v) is 1.85. The standard InChI is InChI=1S/C14H22/c1-3-5-7-9-11-13-14-12-10-8-6-4-2/h3,5,7-8,10,12,14H,1,4,6,9,11,13H2,2H3. The van der Waals surface area contributed by atoms with Gasteiger partial charge in [0.2, 0.25) is 0 Å². The third-order valence-electron chi connectivity index (χ3n) is 1.85. The molecule has 0 aliphatic rings. The molecule has 0 amide bonds. The molecule has 0 aliphatic heterocycles. The van der Waals surface area contributed by atoms with Gasteiger partial charge in [0.05, 0.1) is 0 Å². The predicted octanol–water partition coefficient (Wildman–Crippen LogP) is 4.81. The molecule has 0 atom stereocenters. The average Bonchev–Trinajstić information content (AvgIpc) is 2.21. The maximum atomic E-state index is 3.63. The van der Waals surface area contributed by atoms with Gasteiger partial charge in [0.1, 0.15) is 0 Å². The highest BCUT2D eigenvalue weighted by atomic mass is 13.8. The summed E-state index contributed by atoms with van der Waals surface area (Å²) in [7, 11) is 0. The summed E-state index contributed by atoms with van der Waals surface area (Å²) in [4.78, 5) is 0. The number of hydrogen-bond donors (Lipinski definition) is 0. The van der Waals surface area contributed by atoms with Crippen molar-refractivity contribution in [3.8, 4) is 0 Å². The zero-order valence-corrected chi connectivity index (χ0v) is 9.28. The van der Waals surface area contributed by atoms with E-state index in [9.17, 15) is 0 Å². The average molecular weight is 190 g/mol. The molecule has 78 valence electrons. The second-order valence-electron chi connectivity index (χ2n) is 3.24. The van der Waals surface area contributed by atoms with Crippen LogP contribution in [0.3, 0.4) is 0 Å². The topological polar surface area (TPSA) is 0 Å². The normalized spacial score (nSPS) is 12.1. The van der Waals surface area contributed by atoms with Crippen molar-refractivity contribution < 1.29 is 0 Å². The van der Waals surface area contributed by atoms with E-state index in [0.29, 0.717) is 0 Å². The number of rotatable bonds is 8. The van der Waals surface area contributed by atoms with Gasteiger partial charge in [-0.3, -0.25) is 0 Å². The summed E-state index contributed by atoms with van der Waals surface area (Å²) >= 11 is 0. The van der Waals surface area contributed by atoms with Gasteiger partial charge in [0.25, 0.3) is 0 Å². The summed E-state index contributed by atoms with van der Waals surface area (Å²) in [6.45, 7) is 5.82. The van der Waals surface area contributed by atoms with Gasteiger partial charge in [-0.05, 0) is 25.7 Å². The van der Waals surface area contributed by atoms with E-state index in [1.807, 2.05) is 12.2 Å². The first kappa shape index (κ1) is 13.0. The molecule has 0 aromatic carbocycles. The lowest BCUT2D eigenvalue weighted by molar-refractivity contribution is 0.868. The fraction of sp³-hybridized carbons (Fsp3) is 0.429. The number of unbranched alkanes of at least 4 members (excludes halogenated alkanes) is 3. The van der Waals surface area contributed by atoms with Crippen LogP contribution in [0.15, 0.2) is 49.1 Å². The maximum Gasteiger partial charge on any atom is -0.0345 e. The van der Waals surface area contributed by atoms with Crippen LogP contribution >= 0.6 is 0 Å². The van der Waals surface area contributed by atoms with Gasteiger partial charge in [-0.25, -0.2) is 0 Å². The summed E-state index contributed by atoms with van der Waals surface area (Å²) in [5, 5.41) is 0. The van der Waals surface area contributed by atoms with Crippen LogP contribution in [0.2, 0.25) is 0 Å². The first-order chi connectivity index (χ1) is 6.91. The Labute approximate surface area is 88.7 Å². The molecule has 0 saturated carbocycles. The van der Waals surface area contributed by atoms with Crippen molar-refractivity contribution in [1.82, 2.24) is 0 Å². The van der Waals surface area contributed by atoms with Gasteiger partial charge in [-0.2, -0.15) is 0 Å². The molecule has 14 heavy (non-hydrogen) atoms. The molecule has 0 fully saturated rings. The fourth-order valence-corrected chi connectivity index (χ4v) is 1.06. The largest absolute Gasteiger partial charge is 0.0991 e. The van der Waals surface area contributed by atoms with Crippen molar-refractivity contribution in [2.45, 2.75) is 39.0 Å². The van der Waals surface area contributed by atoms with Crippen molar-refractivity contribution >= 4 is 0 Å². The first-order valence-corrected chi connectivity index (χ1v) is 5.51. The van der Waals surface area contributed by atoms with Crippen molar-refractivity contribution in [3.05, 3.63) is 49.1 Å². The van der Waals surface area contributed by atoms with E-state index < -0.39 is 0 Å². The van der Waals surface area contributed by atoms with E-state index in [-0.39, 0.29) is 0 Å². The fourth-order valence-electron chi connectivity index (χ4n) is 1.06. The number of allylic oxidation sites excluding steroid dienone is 7. The molecular weight excluding hydrogens is 168 g/mol. The van der Waals surface area contributed by atoms with Crippen molar-refractivity contribution in [3.63, 3.8) is 0 Å². The highest BCUT2D eigenvalue weighted by Crippen LogP contribution is 1.98. The molecule has 0 nitrogen and oxygen atoms in total. The molecule has 0 saturated heterocycles. The molecule has 0 heteroatoms. The highest BCUT2D eigenvalue weighted by Gasteiger charge is 1.78. The molecule has 0 unspecified atom stereocenters. The molecule has 0 heterocycles. The van der Waals surface area contributed by atoms with Crippen LogP contribution in [-0.4, -0.2) is 0 Å². The zero-order chi connectivity index (χ0) is 10.5. The molecule has 0 N–H and O–H groups in total. The first-order valence-electron chi connectivity index (χ1n) is 5.51. The predicted molar refractivity (Wildman–Crippen MR) is 66.4 cm³/mol. The monoisotopic (exact) mass is 190 g/mol. The molecule has 0 radical (unpaired) electrons. The van der Waals surface area contributed by atoms with Gasteiger partial charge in [0.15, 0.2) is 0 Å². The molecule has 0 aromatic rings. The van der Waals surface area contributed by atoms with Crippen molar-refractivity contribution in [2.24, 2.45) is 0 Å². The van der Waals surface area contributed by atoms with E-state index in [4.69, 9.17) is 0 Å². The van der Waals surface area contributed by atoms with E-state index in [0.717, 1.165) is 12.8 Å². The molecular formula is C14H22. The summed E-state index contributed by atoms with van der Waals surface area (Å²) in [6, 6.07) is 0. The number of hydrogen-bond acceptors (Lipinski definition) is 0. The Morgan fingerprint density at radius 2 is 1.43 bits per heavy atom. The molecule has 0 rings (SSSR count). The second kappa shape index (κ2) is 12.0. The highest BCUT2D eigenvalue weighted by molar-refractivity contribution is 5.02. The Kier molecular flexibility index (Phi) is 11.1. The maximum absolute atomic E-state index is 3.63. The second-order valence-corrected chi connectivity index (χ2v) is 3.24. The Balaban J connectivity index is 3.26. The molecule has 0 bridgehead atoms. The van der Waals surface area contributed by atoms with Crippen LogP contribution in [0.1, 0.15) is 39.0 Å². The minimum absolute atomic E-state index is 1.15. The zero-order valence-electron chi connectivity index (χ0n) is 9.28. The quantitative estimate of drug-likeness (QED) is 0.380. The molecule has 0 aromatic heterocycles. The Bertz CT molecular complexity index is 194. The lowest BCUT2D eigenvalue weighted by Crippen LogP contribution is -1.68. The summed E-state index contributed by atoms with van der Waals surface area (Å²) < 4.78 is 0. The summed E-state index contributed by atoms with van der Waals surface area (Å²) in [5.41, 5.74) is 0. The third kappa shape index (κ3) is 11.0. The van der Waals surface area contributed by atoms with Gasteiger partial charge < -0.3 is 0 Å². The van der Waals surface area contributed by atoms with Crippen LogP contribution in [0.25, 0.3) is 0 Å². The van der Waals surface area contributed by atoms with Crippen LogP contribution < -0.4 is 0 Å². The van der Waals surface area contributed by atoms with Gasteiger partial charge in [-0.1, -0.05) is 62.5 Å². The summed E-state index contributed by atoms with van der Waals surface area (Å²) in [6.07, 6.45) is 20.7. The van der Waals surface area contributed by atoms with Crippen LogP contribution in [-0.2, 0) is 0 Å². The van der Waals surface area contributed by atoms with Crippen LogP contribution in [0.4, 0.5) is 0 Å². The van der Waals surface area contributed by atoms with Crippen molar-refractivity contribution in [2.75, 3.05) is 0 Å². The Morgan fingerprint density at radius 3 is 2.00 bits per heavy atom. The SMILES string of the molecule is C=CC=CCCCC=CC=CCCC. The summed E-state index contributed by atoms with van der Waals surface area (Å²) in [5.74, 6) is 0. The lowest BCUT2D eigenvalue weighted by Gasteiger charge is -1.88. The van der Waals surface area contributed by atoms with Crippen molar-refractivity contribution in [1.29, 1.82) is 0 Å². The van der Waals surface area contributed by atoms with Crippen LogP contribution in [0.5, 0.6) is 0 Å². The van der Waals surface area contributed by atoms with E-state index in [2.05, 4.69) is 43.9 Å². The van der Waals surface area contributed by atoms with E-state index in [1.165, 1.54) is 19.3 Å². The van der Waals surface area contributed by atoms with Gasteiger partial charge in [-0.15, -0.1) is 0 Å². The lowest BCUT2D eigenvalue weighted by atomic mass is 10.2. The van der Waals surface area contributed by atoms with Gasteiger partial charge >= 0.3 is 0 Å². The Hall–Kier alpha value is -1.04. The smallest absolute Gasteiger partial charge is 0.0345 e. The minimum Gasteiger partial charge on any atom is -0.0991 e. The molecule has 0 aliphatic carbocycles. The molecule has 0 spiro atoms.